The maximum absolute atomic E-state index is 12.0. The average Bonchev–Trinajstić information content (AvgIpc) is 2.57. The highest BCUT2D eigenvalue weighted by atomic mass is 32.1. The number of rotatable bonds is 9. The van der Waals surface area contributed by atoms with Crippen LogP contribution < -0.4 is 10.6 Å². The highest BCUT2D eigenvalue weighted by Crippen LogP contribution is 2.10. The SMILES string of the molecule is CCCNC(=S)Nc1ccc(C(=O)OCCN(CC)CC)cc1. The smallest absolute Gasteiger partial charge is 0.338 e. The number of nitrogens with one attached hydrogen (secondary N) is 2. The number of carbonyl (C=O) groups is 1. The topological polar surface area (TPSA) is 53.6 Å². The molecule has 23 heavy (non-hydrogen) atoms. The van der Waals surface area contributed by atoms with Crippen molar-refractivity contribution in [2.75, 3.05) is 38.1 Å². The third kappa shape index (κ3) is 7.43. The largest absolute Gasteiger partial charge is 0.461 e. The first-order valence-electron chi connectivity index (χ1n) is 8.15. The molecule has 0 aliphatic heterocycles. The molecule has 0 aliphatic carbocycles. The van der Waals surface area contributed by atoms with Gasteiger partial charge in [0, 0.05) is 18.8 Å². The molecule has 0 unspecified atom stereocenters. The van der Waals surface area contributed by atoms with E-state index >= 15 is 0 Å². The van der Waals surface area contributed by atoms with E-state index in [-0.39, 0.29) is 5.97 Å². The van der Waals surface area contributed by atoms with Crippen LogP contribution in [-0.2, 0) is 4.74 Å². The lowest BCUT2D eigenvalue weighted by atomic mass is 10.2. The van der Waals surface area contributed by atoms with Crippen LogP contribution in [0.3, 0.4) is 0 Å². The Morgan fingerprint density at radius 2 is 1.83 bits per heavy atom. The molecule has 128 valence electrons. The molecule has 1 aromatic rings. The fourth-order valence-electron chi connectivity index (χ4n) is 1.99. The van der Waals surface area contributed by atoms with Crippen LogP contribution in [0.15, 0.2) is 24.3 Å². The molecule has 0 fully saturated rings. The minimum Gasteiger partial charge on any atom is -0.461 e. The van der Waals surface area contributed by atoms with Crippen molar-refractivity contribution in [3.05, 3.63) is 29.8 Å². The summed E-state index contributed by atoms with van der Waals surface area (Å²) in [5.74, 6) is -0.296. The summed E-state index contributed by atoms with van der Waals surface area (Å²) in [6.07, 6.45) is 1.01. The van der Waals surface area contributed by atoms with Gasteiger partial charge in [0.2, 0.25) is 0 Å². The van der Waals surface area contributed by atoms with Gasteiger partial charge in [0.25, 0.3) is 0 Å². The number of benzene rings is 1. The summed E-state index contributed by atoms with van der Waals surface area (Å²) in [6, 6.07) is 7.12. The Morgan fingerprint density at radius 3 is 2.39 bits per heavy atom. The lowest BCUT2D eigenvalue weighted by molar-refractivity contribution is 0.0466. The average molecular weight is 337 g/mol. The van der Waals surface area contributed by atoms with Crippen molar-refractivity contribution < 1.29 is 9.53 Å². The number of likely N-dealkylation sites (N-methyl/N-ethyl adjacent to an activating group) is 1. The van der Waals surface area contributed by atoms with Crippen LogP contribution in [-0.4, -0.2) is 48.8 Å². The molecule has 6 heteroatoms. The summed E-state index contributed by atoms with van der Waals surface area (Å²) in [6.45, 7) is 10.2. The molecule has 0 saturated heterocycles. The normalized spacial score (nSPS) is 10.4. The number of anilines is 1. The molecule has 0 aromatic heterocycles. The van der Waals surface area contributed by atoms with Gasteiger partial charge in [-0.3, -0.25) is 0 Å². The molecule has 0 radical (unpaired) electrons. The molecule has 0 saturated carbocycles. The number of hydrogen-bond donors (Lipinski definition) is 2. The van der Waals surface area contributed by atoms with Gasteiger partial charge in [0.05, 0.1) is 5.56 Å². The molecule has 0 bridgehead atoms. The van der Waals surface area contributed by atoms with Gasteiger partial charge in [-0.1, -0.05) is 20.8 Å². The summed E-state index contributed by atoms with van der Waals surface area (Å²) in [5.41, 5.74) is 1.39. The van der Waals surface area contributed by atoms with Crippen LogP contribution in [0.4, 0.5) is 5.69 Å². The van der Waals surface area contributed by atoms with Crippen LogP contribution in [0.25, 0.3) is 0 Å². The monoisotopic (exact) mass is 337 g/mol. The number of esters is 1. The molecular weight excluding hydrogens is 310 g/mol. The summed E-state index contributed by atoms with van der Waals surface area (Å²) < 4.78 is 5.30. The Morgan fingerprint density at radius 1 is 1.17 bits per heavy atom. The molecule has 0 amide bonds. The van der Waals surface area contributed by atoms with E-state index in [2.05, 4.69) is 36.3 Å². The first kappa shape index (κ1) is 19.4. The second-order valence-electron chi connectivity index (χ2n) is 5.12. The summed E-state index contributed by atoms with van der Waals surface area (Å²) in [7, 11) is 0. The van der Waals surface area contributed by atoms with Gasteiger partial charge in [-0.05, 0) is 56.0 Å². The first-order valence-corrected chi connectivity index (χ1v) is 8.55. The number of hydrogen-bond acceptors (Lipinski definition) is 4. The van der Waals surface area contributed by atoms with E-state index in [4.69, 9.17) is 17.0 Å². The van der Waals surface area contributed by atoms with Gasteiger partial charge < -0.3 is 20.3 Å². The van der Waals surface area contributed by atoms with E-state index in [1.54, 1.807) is 12.1 Å². The molecule has 2 N–H and O–H groups in total. The predicted molar refractivity (Wildman–Crippen MR) is 99.0 cm³/mol. The van der Waals surface area contributed by atoms with Gasteiger partial charge in [0.1, 0.15) is 6.61 Å². The van der Waals surface area contributed by atoms with Crippen LogP contribution in [0.2, 0.25) is 0 Å². The summed E-state index contributed by atoms with van der Waals surface area (Å²) in [4.78, 5) is 14.2. The quantitative estimate of drug-likeness (QED) is 0.534. The van der Waals surface area contributed by atoms with Crippen molar-refractivity contribution in [3.8, 4) is 0 Å². The zero-order valence-corrected chi connectivity index (χ0v) is 15.0. The zero-order valence-electron chi connectivity index (χ0n) is 14.2. The minimum atomic E-state index is -0.296. The molecular formula is C17H27N3O2S. The van der Waals surface area contributed by atoms with Crippen molar-refractivity contribution in [3.63, 3.8) is 0 Å². The van der Waals surface area contributed by atoms with E-state index in [9.17, 15) is 4.79 Å². The lowest BCUT2D eigenvalue weighted by Gasteiger charge is -2.17. The standard InChI is InChI=1S/C17H27N3O2S/c1-4-11-18-17(23)19-15-9-7-14(8-10-15)16(21)22-13-12-20(5-2)6-3/h7-10H,4-6,11-13H2,1-3H3,(H2,18,19,23). The molecule has 0 spiro atoms. The fourth-order valence-corrected chi connectivity index (χ4v) is 2.21. The van der Waals surface area contributed by atoms with Gasteiger partial charge >= 0.3 is 5.97 Å². The Hall–Kier alpha value is -1.66. The van der Waals surface area contributed by atoms with Gasteiger partial charge in [0.15, 0.2) is 5.11 Å². The third-order valence-electron chi connectivity index (χ3n) is 3.45. The van der Waals surface area contributed by atoms with E-state index < -0.39 is 0 Å². The summed E-state index contributed by atoms with van der Waals surface area (Å²) in [5, 5.41) is 6.75. The van der Waals surface area contributed by atoms with Gasteiger partial charge in [-0.25, -0.2) is 4.79 Å². The number of nitrogens with zero attached hydrogens (tertiary/aromatic N) is 1. The predicted octanol–water partition coefficient (Wildman–Crippen LogP) is 2.88. The molecule has 1 rings (SSSR count). The number of thiocarbonyl (C=S) groups is 1. The van der Waals surface area contributed by atoms with E-state index in [0.717, 1.165) is 38.3 Å². The van der Waals surface area contributed by atoms with Crippen LogP contribution >= 0.6 is 12.2 Å². The van der Waals surface area contributed by atoms with Crippen molar-refractivity contribution in [1.82, 2.24) is 10.2 Å². The lowest BCUT2D eigenvalue weighted by Crippen LogP contribution is -2.29. The van der Waals surface area contributed by atoms with Crippen LogP contribution in [0, 0.1) is 0 Å². The highest BCUT2D eigenvalue weighted by molar-refractivity contribution is 7.80. The number of ether oxygens (including phenoxy) is 1. The van der Waals surface area contributed by atoms with Crippen molar-refractivity contribution >= 4 is 29.0 Å². The minimum absolute atomic E-state index is 0.296. The fraction of sp³-hybridized carbons (Fsp3) is 0.529. The Bertz CT molecular complexity index is 487. The maximum Gasteiger partial charge on any atom is 0.338 e. The van der Waals surface area contributed by atoms with Crippen molar-refractivity contribution in [2.45, 2.75) is 27.2 Å². The van der Waals surface area contributed by atoms with Crippen LogP contribution in [0.5, 0.6) is 0 Å². The molecule has 1 aromatic carbocycles. The van der Waals surface area contributed by atoms with Gasteiger partial charge in [-0.2, -0.15) is 0 Å². The second-order valence-corrected chi connectivity index (χ2v) is 5.53. The Kier molecular flexibility index (Phi) is 9.24. The number of carbonyl (C=O) groups excluding carboxylic acids is 1. The Labute approximate surface area is 144 Å². The highest BCUT2D eigenvalue weighted by Gasteiger charge is 2.08. The van der Waals surface area contributed by atoms with E-state index in [0.29, 0.717) is 17.3 Å². The first-order chi connectivity index (χ1) is 11.1. The van der Waals surface area contributed by atoms with Crippen molar-refractivity contribution in [2.24, 2.45) is 0 Å². The molecule has 0 heterocycles. The molecule has 5 nitrogen and oxygen atoms in total. The van der Waals surface area contributed by atoms with E-state index in [1.807, 2.05) is 12.1 Å². The van der Waals surface area contributed by atoms with E-state index in [1.165, 1.54) is 0 Å². The summed E-state index contributed by atoms with van der Waals surface area (Å²) >= 11 is 5.17. The molecule has 0 aliphatic rings. The van der Waals surface area contributed by atoms with Crippen molar-refractivity contribution in [1.29, 1.82) is 0 Å². The zero-order chi connectivity index (χ0) is 17.1. The molecule has 0 atom stereocenters. The third-order valence-corrected chi connectivity index (χ3v) is 3.70. The second kappa shape index (κ2) is 11.0. The maximum atomic E-state index is 12.0. The van der Waals surface area contributed by atoms with Gasteiger partial charge in [-0.15, -0.1) is 0 Å². The van der Waals surface area contributed by atoms with Crippen LogP contribution in [0.1, 0.15) is 37.6 Å². The Balaban J connectivity index is 2.43.